The molecule has 0 aliphatic rings. The molecule has 0 aliphatic heterocycles. The lowest BCUT2D eigenvalue weighted by Gasteiger charge is -1.94. The Hall–Kier alpha value is -1.50. The van der Waals surface area contributed by atoms with Crippen molar-refractivity contribution < 1.29 is 51.8 Å². The van der Waals surface area contributed by atoms with Crippen molar-refractivity contribution in [2.24, 2.45) is 0 Å². The molecule has 0 saturated carbocycles. The van der Waals surface area contributed by atoms with Crippen molar-refractivity contribution in [1.82, 2.24) is 4.98 Å². The summed E-state index contributed by atoms with van der Waals surface area (Å²) in [6.07, 6.45) is 1.79. The zero-order valence-corrected chi connectivity index (χ0v) is 10.5. The van der Waals surface area contributed by atoms with Crippen LogP contribution < -0.4 is 0 Å². The fourth-order valence-electron chi connectivity index (χ4n) is 0.448. The van der Waals surface area contributed by atoms with E-state index in [1.54, 1.807) is 6.20 Å². The van der Waals surface area contributed by atoms with Crippen molar-refractivity contribution in [3.8, 4) is 0 Å². The minimum Gasteiger partial charge on any atom is -0.418 e. The topological polar surface area (TPSA) is 12.9 Å². The smallest absolute Gasteiger partial charge is 0.418 e. The first-order valence-corrected chi connectivity index (χ1v) is 4.89. The predicted octanol–water partition coefficient (Wildman–Crippen LogP) is 5.29. The fraction of sp³-hybridized carbons (Fsp3) is 0.167. The second kappa shape index (κ2) is 11.1. The van der Waals surface area contributed by atoms with Crippen LogP contribution in [-0.2, 0) is 0 Å². The third-order valence-electron chi connectivity index (χ3n) is 0.813. The summed E-state index contributed by atoms with van der Waals surface area (Å²) in [5.41, 5.74) is 1.07. The molecule has 1 rings (SSSR count). The van der Waals surface area contributed by atoms with Crippen LogP contribution >= 0.6 is 0 Å². The molecule has 0 bridgehead atoms. The fourth-order valence-corrected chi connectivity index (χ4v) is 0.448. The molecule has 16 heteroatoms. The minimum absolute atomic E-state index is 1.07. The highest BCUT2D eigenvalue weighted by Crippen LogP contribution is 2.07. The summed E-state index contributed by atoms with van der Waals surface area (Å²) < 4.78 is 117. The highest BCUT2D eigenvalue weighted by molar-refractivity contribution is 6.50. The SMILES string of the molecule is Cc1ccccn1.F[B-](F)(F)F.F[B-](F)(F)F.F[B-](F)(F)F. The van der Waals surface area contributed by atoms with Gasteiger partial charge in [-0.1, -0.05) is 6.07 Å². The van der Waals surface area contributed by atoms with E-state index in [1.807, 2.05) is 25.1 Å². The van der Waals surface area contributed by atoms with E-state index in [0.717, 1.165) is 5.69 Å². The quantitative estimate of drug-likeness (QED) is 0.456. The van der Waals surface area contributed by atoms with Crippen LogP contribution in [-0.4, -0.2) is 26.7 Å². The number of halogens is 12. The maximum Gasteiger partial charge on any atom is 0.673 e. The summed E-state index contributed by atoms with van der Waals surface area (Å²) in [5, 5.41) is 0. The molecular weight excluding hydrogens is 346 g/mol. The number of rotatable bonds is 0. The molecule has 1 aromatic heterocycles. The molecule has 1 nitrogen and oxygen atoms in total. The summed E-state index contributed by atoms with van der Waals surface area (Å²) in [4.78, 5) is 3.98. The molecular formula is C6H7B3F12N-3. The highest BCUT2D eigenvalue weighted by atomic mass is 19.5. The lowest BCUT2D eigenvalue weighted by Crippen LogP contribution is -2.02. The van der Waals surface area contributed by atoms with Gasteiger partial charge in [0, 0.05) is 11.9 Å². The van der Waals surface area contributed by atoms with Gasteiger partial charge in [-0.25, -0.2) is 0 Å². The van der Waals surface area contributed by atoms with Gasteiger partial charge in [0.1, 0.15) is 0 Å². The molecule has 0 spiro atoms. The standard InChI is InChI=1S/C6H7N.3BF4/c1-6-4-2-3-5-7-6;3*2-1(3,4)5/h2-5H,1H3;;;/q;3*-1. The third kappa shape index (κ3) is 134. The van der Waals surface area contributed by atoms with E-state index in [9.17, 15) is 51.8 Å². The van der Waals surface area contributed by atoms with Crippen LogP contribution in [0.4, 0.5) is 51.8 Å². The van der Waals surface area contributed by atoms with E-state index >= 15 is 0 Å². The van der Waals surface area contributed by atoms with Crippen molar-refractivity contribution in [1.29, 1.82) is 0 Å². The van der Waals surface area contributed by atoms with Gasteiger partial charge in [0.15, 0.2) is 0 Å². The molecule has 0 saturated heterocycles. The summed E-state index contributed by atoms with van der Waals surface area (Å²) >= 11 is 0. The van der Waals surface area contributed by atoms with E-state index < -0.39 is 21.8 Å². The Bertz CT molecular complexity index is 313. The molecule has 0 fully saturated rings. The molecule has 0 aromatic carbocycles. The lowest BCUT2D eigenvalue weighted by atomic mass is 10.3. The van der Waals surface area contributed by atoms with E-state index in [4.69, 9.17) is 0 Å². The molecule has 0 radical (unpaired) electrons. The van der Waals surface area contributed by atoms with Gasteiger partial charge < -0.3 is 51.8 Å². The molecule has 0 unspecified atom stereocenters. The van der Waals surface area contributed by atoms with Crippen LogP contribution in [0, 0.1) is 6.92 Å². The van der Waals surface area contributed by atoms with Crippen LogP contribution in [0.15, 0.2) is 24.4 Å². The molecule has 0 N–H and O–H groups in total. The first kappa shape index (κ1) is 25.5. The Balaban J connectivity index is -0.000000223. The Morgan fingerprint density at radius 2 is 0.909 bits per heavy atom. The predicted molar refractivity (Wildman–Crippen MR) is 59.5 cm³/mol. The second-order valence-corrected chi connectivity index (χ2v) is 2.96. The Kier molecular flexibility index (Phi) is 12.9. The van der Waals surface area contributed by atoms with Crippen LogP contribution in [0.5, 0.6) is 0 Å². The monoisotopic (exact) mass is 354 g/mol. The first-order chi connectivity index (χ1) is 9.39. The van der Waals surface area contributed by atoms with Crippen LogP contribution in [0.3, 0.4) is 0 Å². The van der Waals surface area contributed by atoms with Gasteiger partial charge in [-0.3, -0.25) is 4.98 Å². The molecule has 1 heterocycles. The van der Waals surface area contributed by atoms with Gasteiger partial charge in [-0.05, 0) is 19.1 Å². The minimum atomic E-state index is -6.00. The lowest BCUT2D eigenvalue weighted by molar-refractivity contribution is 0.366. The van der Waals surface area contributed by atoms with Crippen molar-refractivity contribution in [2.45, 2.75) is 6.92 Å². The van der Waals surface area contributed by atoms with Gasteiger partial charge in [0.05, 0.1) is 0 Å². The van der Waals surface area contributed by atoms with Gasteiger partial charge in [0.2, 0.25) is 0 Å². The van der Waals surface area contributed by atoms with Crippen LogP contribution in [0.2, 0.25) is 0 Å². The zero-order valence-electron chi connectivity index (χ0n) is 10.5. The zero-order chi connectivity index (χ0) is 18.6. The van der Waals surface area contributed by atoms with Crippen molar-refractivity contribution in [3.05, 3.63) is 30.1 Å². The average molecular weight is 354 g/mol. The van der Waals surface area contributed by atoms with Crippen molar-refractivity contribution in [2.75, 3.05) is 0 Å². The van der Waals surface area contributed by atoms with Gasteiger partial charge >= 0.3 is 21.8 Å². The Morgan fingerprint density at radius 1 is 0.636 bits per heavy atom. The molecule has 0 amide bonds. The van der Waals surface area contributed by atoms with Crippen LogP contribution in [0.1, 0.15) is 5.69 Å². The highest BCUT2D eigenvalue weighted by Gasteiger charge is 2.21. The van der Waals surface area contributed by atoms with Gasteiger partial charge in [0.25, 0.3) is 0 Å². The van der Waals surface area contributed by atoms with Gasteiger partial charge in [-0.15, -0.1) is 0 Å². The largest absolute Gasteiger partial charge is 0.673 e. The normalized spacial score (nSPS) is 11.0. The number of aryl methyl sites for hydroxylation is 1. The number of aromatic nitrogens is 1. The number of pyridine rings is 1. The summed E-state index contributed by atoms with van der Waals surface area (Å²) in [6, 6.07) is 5.86. The molecule has 22 heavy (non-hydrogen) atoms. The Morgan fingerprint density at radius 3 is 1.00 bits per heavy atom. The summed E-state index contributed by atoms with van der Waals surface area (Å²) in [7, 11) is -18.0. The molecule has 132 valence electrons. The maximum atomic E-state index is 9.75. The van der Waals surface area contributed by atoms with Gasteiger partial charge in [-0.2, -0.15) is 0 Å². The molecule has 1 aromatic rings. The van der Waals surface area contributed by atoms with E-state index in [1.165, 1.54) is 0 Å². The Labute approximate surface area is 117 Å². The second-order valence-electron chi connectivity index (χ2n) is 2.96. The van der Waals surface area contributed by atoms with Crippen molar-refractivity contribution >= 4 is 21.8 Å². The first-order valence-electron chi connectivity index (χ1n) is 4.89. The van der Waals surface area contributed by atoms with Crippen molar-refractivity contribution in [3.63, 3.8) is 0 Å². The summed E-state index contributed by atoms with van der Waals surface area (Å²) in [6.45, 7) is 1.97. The van der Waals surface area contributed by atoms with E-state index in [-0.39, 0.29) is 0 Å². The number of hydrogen-bond acceptors (Lipinski definition) is 1. The van der Waals surface area contributed by atoms with Crippen LogP contribution in [0.25, 0.3) is 0 Å². The average Bonchev–Trinajstić information content (AvgIpc) is 2.09. The summed E-state index contributed by atoms with van der Waals surface area (Å²) in [5.74, 6) is 0. The number of nitrogens with zero attached hydrogens (tertiary/aromatic N) is 1. The maximum absolute atomic E-state index is 9.75. The molecule has 0 aliphatic carbocycles. The molecule has 0 atom stereocenters. The van der Waals surface area contributed by atoms with E-state index in [2.05, 4.69) is 4.98 Å². The third-order valence-corrected chi connectivity index (χ3v) is 0.813. The number of hydrogen-bond donors (Lipinski definition) is 0. The van der Waals surface area contributed by atoms with E-state index in [0.29, 0.717) is 0 Å².